The maximum atomic E-state index is 9.85. The van der Waals surface area contributed by atoms with Crippen molar-refractivity contribution >= 4 is 17.4 Å². The zero-order valence-corrected chi connectivity index (χ0v) is 12.7. The Morgan fingerprint density at radius 3 is 1.90 bits per heavy atom. The standard InChI is InChI=1S/C16H19NO3S/c1-21-16-8-6-15(7-9-16)20-11-13(18)10-19-14-4-2-12(17)3-5-14/h2-9,13,18H,10-11,17H2,1H3. The molecule has 0 amide bonds. The molecule has 0 aliphatic carbocycles. The van der Waals surface area contributed by atoms with Gasteiger partial charge in [-0.15, -0.1) is 11.8 Å². The molecule has 1 atom stereocenters. The normalized spacial score (nSPS) is 11.9. The van der Waals surface area contributed by atoms with Crippen molar-refractivity contribution in [2.45, 2.75) is 11.0 Å². The van der Waals surface area contributed by atoms with Crippen molar-refractivity contribution in [1.82, 2.24) is 0 Å². The van der Waals surface area contributed by atoms with Crippen LogP contribution >= 0.6 is 11.8 Å². The molecule has 1 unspecified atom stereocenters. The number of aliphatic hydroxyl groups is 1. The molecule has 0 radical (unpaired) electrons. The van der Waals surface area contributed by atoms with Crippen molar-refractivity contribution in [3.05, 3.63) is 48.5 Å². The zero-order valence-electron chi connectivity index (χ0n) is 11.9. The van der Waals surface area contributed by atoms with Gasteiger partial charge in [-0.1, -0.05) is 0 Å². The summed E-state index contributed by atoms with van der Waals surface area (Å²) in [6.45, 7) is 0.362. The Morgan fingerprint density at radius 2 is 1.43 bits per heavy atom. The van der Waals surface area contributed by atoms with Crippen LogP contribution in [-0.4, -0.2) is 30.7 Å². The van der Waals surface area contributed by atoms with Crippen LogP contribution in [0.25, 0.3) is 0 Å². The largest absolute Gasteiger partial charge is 0.491 e. The molecule has 0 aliphatic heterocycles. The lowest BCUT2D eigenvalue weighted by Gasteiger charge is -2.14. The van der Waals surface area contributed by atoms with Crippen molar-refractivity contribution in [3.63, 3.8) is 0 Å². The molecule has 0 bridgehead atoms. The number of hydrogen-bond donors (Lipinski definition) is 2. The fourth-order valence-corrected chi connectivity index (χ4v) is 2.08. The van der Waals surface area contributed by atoms with Gasteiger partial charge < -0.3 is 20.3 Å². The number of benzene rings is 2. The van der Waals surface area contributed by atoms with Gasteiger partial charge in [0, 0.05) is 10.6 Å². The first kappa shape index (κ1) is 15.5. The smallest absolute Gasteiger partial charge is 0.122 e. The summed E-state index contributed by atoms with van der Waals surface area (Å²) in [5.74, 6) is 1.41. The molecule has 0 spiro atoms. The Hall–Kier alpha value is -1.85. The van der Waals surface area contributed by atoms with Gasteiger partial charge in [-0.2, -0.15) is 0 Å². The number of ether oxygens (including phenoxy) is 2. The molecule has 112 valence electrons. The first-order valence-corrected chi connectivity index (χ1v) is 7.83. The van der Waals surface area contributed by atoms with E-state index in [0.717, 1.165) is 5.75 Å². The van der Waals surface area contributed by atoms with Gasteiger partial charge in [0.15, 0.2) is 0 Å². The van der Waals surface area contributed by atoms with Crippen molar-refractivity contribution in [1.29, 1.82) is 0 Å². The molecule has 0 heterocycles. The Morgan fingerprint density at radius 1 is 0.952 bits per heavy atom. The Bertz CT molecular complexity index is 542. The molecule has 0 fully saturated rings. The van der Waals surface area contributed by atoms with Crippen molar-refractivity contribution in [2.24, 2.45) is 0 Å². The van der Waals surface area contributed by atoms with Gasteiger partial charge in [0.25, 0.3) is 0 Å². The van der Waals surface area contributed by atoms with Crippen molar-refractivity contribution in [3.8, 4) is 11.5 Å². The number of rotatable bonds is 7. The molecule has 0 aliphatic rings. The molecule has 2 aromatic rings. The Labute approximate surface area is 128 Å². The topological polar surface area (TPSA) is 64.7 Å². The predicted octanol–water partition coefficient (Wildman–Crippen LogP) is 2.81. The summed E-state index contributed by atoms with van der Waals surface area (Å²) in [6.07, 6.45) is 1.33. The van der Waals surface area contributed by atoms with Gasteiger partial charge in [-0.25, -0.2) is 0 Å². The van der Waals surface area contributed by atoms with E-state index in [1.54, 1.807) is 36.0 Å². The second-order valence-electron chi connectivity index (χ2n) is 4.52. The van der Waals surface area contributed by atoms with Crippen LogP contribution in [0.1, 0.15) is 0 Å². The number of aliphatic hydroxyl groups excluding tert-OH is 1. The molecule has 3 N–H and O–H groups in total. The molecule has 4 nitrogen and oxygen atoms in total. The lowest BCUT2D eigenvalue weighted by Crippen LogP contribution is -2.25. The summed E-state index contributed by atoms with van der Waals surface area (Å²) >= 11 is 1.67. The van der Waals surface area contributed by atoms with E-state index in [1.165, 1.54) is 4.90 Å². The van der Waals surface area contributed by atoms with E-state index in [0.29, 0.717) is 11.4 Å². The SMILES string of the molecule is CSc1ccc(OCC(O)COc2ccc(N)cc2)cc1. The van der Waals surface area contributed by atoms with Gasteiger partial charge in [0.05, 0.1) is 0 Å². The molecule has 0 saturated heterocycles. The maximum Gasteiger partial charge on any atom is 0.122 e. The second-order valence-corrected chi connectivity index (χ2v) is 5.40. The molecular formula is C16H19NO3S. The molecule has 0 aromatic heterocycles. The number of hydrogen-bond acceptors (Lipinski definition) is 5. The quantitative estimate of drug-likeness (QED) is 0.608. The third kappa shape index (κ3) is 5.21. The minimum atomic E-state index is -0.692. The lowest BCUT2D eigenvalue weighted by atomic mass is 10.3. The van der Waals surface area contributed by atoms with Crippen molar-refractivity contribution < 1.29 is 14.6 Å². The molecular weight excluding hydrogens is 286 g/mol. The zero-order chi connectivity index (χ0) is 15.1. The first-order chi connectivity index (χ1) is 10.2. The van der Waals surface area contributed by atoms with E-state index in [4.69, 9.17) is 15.2 Å². The van der Waals surface area contributed by atoms with Crippen LogP contribution in [0.15, 0.2) is 53.4 Å². The monoisotopic (exact) mass is 305 g/mol. The van der Waals surface area contributed by atoms with Crippen LogP contribution in [0, 0.1) is 0 Å². The van der Waals surface area contributed by atoms with Crippen LogP contribution in [0.2, 0.25) is 0 Å². The average Bonchev–Trinajstić information content (AvgIpc) is 2.53. The third-order valence-corrected chi connectivity index (χ3v) is 3.57. The van der Waals surface area contributed by atoms with Crippen LogP contribution in [-0.2, 0) is 0 Å². The lowest BCUT2D eigenvalue weighted by molar-refractivity contribution is 0.0626. The molecule has 5 heteroatoms. The average molecular weight is 305 g/mol. The van der Waals surface area contributed by atoms with Crippen LogP contribution < -0.4 is 15.2 Å². The number of nitrogen functional groups attached to an aromatic ring is 1. The molecule has 2 aromatic carbocycles. The highest BCUT2D eigenvalue weighted by molar-refractivity contribution is 7.98. The van der Waals surface area contributed by atoms with Crippen LogP contribution in [0.4, 0.5) is 5.69 Å². The minimum Gasteiger partial charge on any atom is -0.491 e. The predicted molar refractivity (Wildman–Crippen MR) is 86.1 cm³/mol. The number of anilines is 1. The fourth-order valence-electron chi connectivity index (χ4n) is 1.67. The van der Waals surface area contributed by atoms with E-state index < -0.39 is 6.10 Å². The van der Waals surface area contributed by atoms with E-state index in [2.05, 4.69) is 0 Å². The van der Waals surface area contributed by atoms with E-state index in [1.807, 2.05) is 30.5 Å². The second kappa shape index (κ2) is 7.81. The summed E-state index contributed by atoms with van der Waals surface area (Å²) in [6, 6.07) is 14.8. The fraction of sp³-hybridized carbons (Fsp3) is 0.250. The summed E-state index contributed by atoms with van der Waals surface area (Å²) in [5.41, 5.74) is 6.27. The Balaban J connectivity index is 1.73. The van der Waals surface area contributed by atoms with Gasteiger partial charge in [0.2, 0.25) is 0 Å². The number of thioether (sulfide) groups is 1. The maximum absolute atomic E-state index is 9.85. The van der Waals surface area contributed by atoms with E-state index in [9.17, 15) is 5.11 Å². The van der Waals surface area contributed by atoms with Gasteiger partial charge in [-0.3, -0.25) is 0 Å². The summed E-state index contributed by atoms with van der Waals surface area (Å²) < 4.78 is 11.0. The van der Waals surface area contributed by atoms with Crippen LogP contribution in [0.3, 0.4) is 0 Å². The highest BCUT2D eigenvalue weighted by Gasteiger charge is 2.06. The summed E-state index contributed by atoms with van der Waals surface area (Å²) in [4.78, 5) is 1.18. The Kier molecular flexibility index (Phi) is 5.78. The van der Waals surface area contributed by atoms with Crippen LogP contribution in [0.5, 0.6) is 11.5 Å². The summed E-state index contributed by atoms with van der Waals surface area (Å²) in [5, 5.41) is 9.85. The molecule has 0 saturated carbocycles. The number of nitrogens with two attached hydrogens (primary N) is 1. The van der Waals surface area contributed by atoms with Crippen molar-refractivity contribution in [2.75, 3.05) is 25.2 Å². The van der Waals surface area contributed by atoms with E-state index >= 15 is 0 Å². The van der Waals surface area contributed by atoms with Gasteiger partial charge in [-0.05, 0) is 54.8 Å². The van der Waals surface area contributed by atoms with E-state index in [-0.39, 0.29) is 13.2 Å². The highest BCUT2D eigenvalue weighted by atomic mass is 32.2. The summed E-state index contributed by atoms with van der Waals surface area (Å²) in [7, 11) is 0. The van der Waals surface area contributed by atoms with Gasteiger partial charge >= 0.3 is 0 Å². The highest BCUT2D eigenvalue weighted by Crippen LogP contribution is 2.19. The first-order valence-electron chi connectivity index (χ1n) is 6.60. The molecule has 2 rings (SSSR count). The molecule has 21 heavy (non-hydrogen) atoms. The minimum absolute atomic E-state index is 0.173. The third-order valence-electron chi connectivity index (χ3n) is 2.82. The van der Waals surface area contributed by atoms with Gasteiger partial charge in [0.1, 0.15) is 30.8 Å².